The van der Waals surface area contributed by atoms with E-state index in [0.717, 1.165) is 70.6 Å². The molecule has 2 amide bonds. The summed E-state index contributed by atoms with van der Waals surface area (Å²) < 4.78 is 0. The molecule has 2 aliphatic heterocycles. The van der Waals surface area contributed by atoms with Crippen LogP contribution in [0.25, 0.3) is 0 Å². The van der Waals surface area contributed by atoms with Crippen LogP contribution in [0.5, 0.6) is 0 Å². The monoisotopic (exact) mass is 330 g/mol. The van der Waals surface area contributed by atoms with E-state index in [4.69, 9.17) is 0 Å². The minimum absolute atomic E-state index is 0.198. The molecule has 1 saturated carbocycles. The van der Waals surface area contributed by atoms with Crippen LogP contribution in [0, 0.1) is 17.3 Å². The summed E-state index contributed by atoms with van der Waals surface area (Å²) in [5.41, 5.74) is 0.304. The molecule has 2 saturated heterocycles. The standard InChI is InChI=1S/C20H30N2O2/c23-18-7-8-20(11-14-22(18)15-16-5-6-16)9-12-21(13-10-20)19(24)17-3-1-2-4-17/h1-2,16-17H,3-15H2. The number of rotatable bonds is 3. The van der Waals surface area contributed by atoms with Crippen molar-refractivity contribution in [2.24, 2.45) is 17.3 Å². The quantitative estimate of drug-likeness (QED) is 0.747. The van der Waals surface area contributed by atoms with Gasteiger partial charge in [-0.1, -0.05) is 12.2 Å². The number of amides is 2. The lowest BCUT2D eigenvalue weighted by Crippen LogP contribution is -2.45. The topological polar surface area (TPSA) is 40.6 Å². The second kappa shape index (κ2) is 6.53. The molecular weight excluding hydrogens is 300 g/mol. The molecule has 4 rings (SSSR count). The number of hydrogen-bond acceptors (Lipinski definition) is 2. The van der Waals surface area contributed by atoms with Crippen LogP contribution in [-0.2, 0) is 9.59 Å². The summed E-state index contributed by atoms with van der Waals surface area (Å²) in [7, 11) is 0. The predicted octanol–water partition coefficient (Wildman–Crippen LogP) is 2.98. The molecular formula is C20H30N2O2. The summed E-state index contributed by atoms with van der Waals surface area (Å²) in [5, 5.41) is 0. The molecule has 0 aromatic rings. The lowest BCUT2D eigenvalue weighted by molar-refractivity contribution is -0.137. The summed E-state index contributed by atoms with van der Waals surface area (Å²) >= 11 is 0. The van der Waals surface area contributed by atoms with Gasteiger partial charge in [-0.2, -0.15) is 0 Å². The summed E-state index contributed by atoms with van der Waals surface area (Å²) in [4.78, 5) is 29.2. The molecule has 4 heteroatoms. The molecule has 1 spiro atoms. The minimum atomic E-state index is 0.198. The molecule has 0 unspecified atom stereocenters. The van der Waals surface area contributed by atoms with E-state index >= 15 is 0 Å². The molecule has 4 aliphatic rings. The van der Waals surface area contributed by atoms with Crippen LogP contribution >= 0.6 is 0 Å². The molecule has 0 atom stereocenters. The van der Waals surface area contributed by atoms with Gasteiger partial charge in [-0.3, -0.25) is 9.59 Å². The van der Waals surface area contributed by atoms with Gasteiger partial charge in [0.05, 0.1) is 0 Å². The molecule has 132 valence electrons. The maximum absolute atomic E-state index is 12.6. The molecule has 0 radical (unpaired) electrons. The average Bonchev–Trinajstić information content (AvgIpc) is 3.29. The first kappa shape index (κ1) is 16.2. The van der Waals surface area contributed by atoms with Crippen LogP contribution in [-0.4, -0.2) is 47.8 Å². The maximum atomic E-state index is 12.6. The largest absolute Gasteiger partial charge is 0.342 e. The Morgan fingerprint density at radius 1 is 1.04 bits per heavy atom. The van der Waals surface area contributed by atoms with Gasteiger partial charge >= 0.3 is 0 Å². The van der Waals surface area contributed by atoms with Gasteiger partial charge in [0.25, 0.3) is 0 Å². The first-order valence-corrected chi connectivity index (χ1v) is 9.87. The van der Waals surface area contributed by atoms with Crippen LogP contribution in [0.4, 0.5) is 0 Å². The molecule has 2 aliphatic carbocycles. The predicted molar refractivity (Wildman–Crippen MR) is 93.3 cm³/mol. The van der Waals surface area contributed by atoms with Crippen molar-refractivity contribution >= 4 is 11.8 Å². The van der Waals surface area contributed by atoms with Gasteiger partial charge in [-0.15, -0.1) is 0 Å². The highest BCUT2D eigenvalue weighted by atomic mass is 16.2. The smallest absolute Gasteiger partial charge is 0.226 e. The van der Waals surface area contributed by atoms with Crippen molar-refractivity contribution in [3.05, 3.63) is 12.2 Å². The number of likely N-dealkylation sites (tertiary alicyclic amines) is 2. The Kier molecular flexibility index (Phi) is 4.40. The number of carbonyl (C=O) groups excluding carboxylic acids is 2. The highest BCUT2D eigenvalue weighted by Crippen LogP contribution is 2.42. The summed E-state index contributed by atoms with van der Waals surface area (Å²) in [6.07, 6.45) is 13.8. The van der Waals surface area contributed by atoms with Crippen LogP contribution in [0.2, 0.25) is 0 Å². The Labute approximate surface area is 145 Å². The summed E-state index contributed by atoms with van der Waals surface area (Å²) in [5.74, 6) is 1.70. The lowest BCUT2D eigenvalue weighted by atomic mass is 9.72. The average molecular weight is 330 g/mol. The zero-order valence-electron chi connectivity index (χ0n) is 14.7. The van der Waals surface area contributed by atoms with Crippen molar-refractivity contribution in [3.63, 3.8) is 0 Å². The second-order valence-corrected chi connectivity index (χ2v) is 8.50. The molecule has 0 aromatic carbocycles. The molecule has 0 N–H and O–H groups in total. The third-order valence-corrected chi connectivity index (χ3v) is 6.80. The van der Waals surface area contributed by atoms with Gasteiger partial charge in [0, 0.05) is 38.5 Å². The van der Waals surface area contributed by atoms with Gasteiger partial charge in [0.1, 0.15) is 0 Å². The second-order valence-electron chi connectivity index (χ2n) is 8.50. The van der Waals surface area contributed by atoms with Gasteiger partial charge in [0.2, 0.25) is 11.8 Å². The Balaban J connectivity index is 1.32. The highest BCUT2D eigenvalue weighted by molar-refractivity contribution is 5.80. The molecule has 0 bridgehead atoms. The normalized spacial score (nSPS) is 27.8. The van der Waals surface area contributed by atoms with Crippen LogP contribution in [0.15, 0.2) is 12.2 Å². The van der Waals surface area contributed by atoms with Gasteiger partial charge in [-0.25, -0.2) is 0 Å². The Hall–Kier alpha value is -1.32. The van der Waals surface area contributed by atoms with E-state index in [1.165, 1.54) is 12.8 Å². The summed E-state index contributed by atoms with van der Waals surface area (Å²) in [6.45, 7) is 3.72. The van der Waals surface area contributed by atoms with E-state index in [9.17, 15) is 9.59 Å². The third kappa shape index (κ3) is 3.38. The number of nitrogens with zero attached hydrogens (tertiary/aromatic N) is 2. The Morgan fingerprint density at radius 2 is 1.71 bits per heavy atom. The van der Waals surface area contributed by atoms with Crippen LogP contribution in [0.3, 0.4) is 0 Å². The maximum Gasteiger partial charge on any atom is 0.226 e. The first-order valence-electron chi connectivity index (χ1n) is 9.87. The fraction of sp³-hybridized carbons (Fsp3) is 0.800. The minimum Gasteiger partial charge on any atom is -0.342 e. The lowest BCUT2D eigenvalue weighted by Gasteiger charge is -2.42. The number of carbonyl (C=O) groups is 2. The van der Waals surface area contributed by atoms with Crippen LogP contribution in [0.1, 0.15) is 57.8 Å². The van der Waals surface area contributed by atoms with E-state index < -0.39 is 0 Å². The SMILES string of the molecule is O=C1CCC2(CCN1CC1CC1)CCN(C(=O)C1CC=CC1)CC2. The van der Waals surface area contributed by atoms with Crippen molar-refractivity contribution in [2.75, 3.05) is 26.2 Å². The van der Waals surface area contributed by atoms with Crippen molar-refractivity contribution < 1.29 is 9.59 Å². The van der Waals surface area contributed by atoms with Crippen molar-refractivity contribution in [1.82, 2.24) is 9.80 Å². The number of hydrogen-bond donors (Lipinski definition) is 0. The Bertz CT molecular complexity index is 522. The number of allylic oxidation sites excluding steroid dienone is 2. The number of piperidine rings is 1. The van der Waals surface area contributed by atoms with Crippen molar-refractivity contribution in [1.29, 1.82) is 0 Å². The van der Waals surface area contributed by atoms with E-state index in [0.29, 0.717) is 23.7 Å². The third-order valence-electron chi connectivity index (χ3n) is 6.80. The van der Waals surface area contributed by atoms with E-state index in [-0.39, 0.29) is 5.92 Å². The van der Waals surface area contributed by atoms with Gasteiger partial charge in [0.15, 0.2) is 0 Å². The van der Waals surface area contributed by atoms with Crippen LogP contribution < -0.4 is 0 Å². The molecule has 24 heavy (non-hydrogen) atoms. The Morgan fingerprint density at radius 3 is 2.38 bits per heavy atom. The van der Waals surface area contributed by atoms with Gasteiger partial charge in [-0.05, 0) is 62.7 Å². The molecule has 2 heterocycles. The van der Waals surface area contributed by atoms with Crippen molar-refractivity contribution in [2.45, 2.75) is 57.8 Å². The van der Waals surface area contributed by atoms with E-state index in [2.05, 4.69) is 22.0 Å². The molecule has 0 aromatic heterocycles. The highest BCUT2D eigenvalue weighted by Gasteiger charge is 2.40. The zero-order valence-corrected chi connectivity index (χ0v) is 14.7. The molecule has 4 nitrogen and oxygen atoms in total. The zero-order chi connectivity index (χ0) is 16.6. The van der Waals surface area contributed by atoms with E-state index in [1.807, 2.05) is 0 Å². The van der Waals surface area contributed by atoms with Gasteiger partial charge < -0.3 is 9.80 Å². The first-order chi connectivity index (χ1) is 11.7. The van der Waals surface area contributed by atoms with Crippen molar-refractivity contribution in [3.8, 4) is 0 Å². The molecule has 3 fully saturated rings. The fourth-order valence-corrected chi connectivity index (χ4v) is 4.74. The fourth-order valence-electron chi connectivity index (χ4n) is 4.74. The summed E-state index contributed by atoms with van der Waals surface area (Å²) in [6, 6.07) is 0. The van der Waals surface area contributed by atoms with E-state index in [1.54, 1.807) is 0 Å².